The van der Waals surface area contributed by atoms with Crippen molar-refractivity contribution in [3.63, 3.8) is 0 Å². The van der Waals surface area contributed by atoms with Crippen molar-refractivity contribution in [1.82, 2.24) is 15.1 Å². The topological polar surface area (TPSA) is 55.9 Å². The number of hydrogen-bond acceptors (Lipinski definition) is 4. The SMILES string of the molecule is CC(C)[C@@H]1CC(C(=O)N[C@@H](C)c2ccc(N(C)C3CCN(C)CC3)cc2/C=C/C2CC2)N(C=O)C1. The number of carbonyl (C=O) groups is 2. The van der Waals surface area contributed by atoms with Gasteiger partial charge in [-0.25, -0.2) is 0 Å². The fraction of sp³-hybridized carbons (Fsp3) is 0.655. The molecule has 2 heterocycles. The summed E-state index contributed by atoms with van der Waals surface area (Å²) in [4.78, 5) is 31.4. The van der Waals surface area contributed by atoms with Gasteiger partial charge in [-0.2, -0.15) is 0 Å². The van der Waals surface area contributed by atoms with Gasteiger partial charge in [-0.15, -0.1) is 0 Å². The molecule has 1 N–H and O–H groups in total. The smallest absolute Gasteiger partial charge is 0.243 e. The van der Waals surface area contributed by atoms with Gasteiger partial charge in [0.05, 0.1) is 6.04 Å². The maximum atomic E-state index is 13.2. The zero-order valence-corrected chi connectivity index (χ0v) is 22.2. The number of nitrogens with one attached hydrogen (secondary N) is 1. The normalized spacial score (nSPS) is 24.8. The lowest BCUT2D eigenvalue weighted by Crippen LogP contribution is -2.43. The first-order chi connectivity index (χ1) is 16.8. The molecule has 2 amide bonds. The van der Waals surface area contributed by atoms with Gasteiger partial charge in [0.25, 0.3) is 0 Å². The molecule has 0 aromatic heterocycles. The van der Waals surface area contributed by atoms with Crippen molar-refractivity contribution in [1.29, 1.82) is 0 Å². The summed E-state index contributed by atoms with van der Waals surface area (Å²) in [5, 5.41) is 3.23. The molecule has 1 unspecified atom stereocenters. The first kappa shape index (κ1) is 25.7. The summed E-state index contributed by atoms with van der Waals surface area (Å²) in [6.07, 6.45) is 11.1. The van der Waals surface area contributed by atoms with E-state index in [0.29, 0.717) is 30.3 Å². The van der Waals surface area contributed by atoms with Gasteiger partial charge >= 0.3 is 0 Å². The fourth-order valence-corrected chi connectivity index (χ4v) is 5.58. The monoisotopic (exact) mass is 480 g/mol. The molecule has 1 aromatic carbocycles. The van der Waals surface area contributed by atoms with E-state index in [2.05, 4.69) is 80.3 Å². The number of anilines is 1. The first-order valence-corrected chi connectivity index (χ1v) is 13.5. The summed E-state index contributed by atoms with van der Waals surface area (Å²) in [5.74, 6) is 1.48. The van der Waals surface area contributed by atoms with Crippen LogP contribution in [0.25, 0.3) is 6.08 Å². The molecule has 3 atom stereocenters. The van der Waals surface area contributed by atoms with Crippen LogP contribution in [0.4, 0.5) is 5.69 Å². The van der Waals surface area contributed by atoms with Crippen LogP contribution in [0, 0.1) is 17.8 Å². The van der Waals surface area contributed by atoms with Gasteiger partial charge in [0.15, 0.2) is 0 Å². The largest absolute Gasteiger partial charge is 0.371 e. The van der Waals surface area contributed by atoms with E-state index in [4.69, 9.17) is 0 Å². The molecule has 2 saturated heterocycles. The van der Waals surface area contributed by atoms with Crippen molar-refractivity contribution in [2.75, 3.05) is 38.6 Å². The Balaban J connectivity index is 1.50. The number of piperidine rings is 1. The summed E-state index contributed by atoms with van der Waals surface area (Å²) in [6, 6.07) is 6.73. The molecule has 1 saturated carbocycles. The quantitative estimate of drug-likeness (QED) is 0.535. The van der Waals surface area contributed by atoms with Crippen molar-refractivity contribution < 1.29 is 9.59 Å². The highest BCUT2D eigenvalue weighted by molar-refractivity contribution is 5.84. The third-order valence-corrected chi connectivity index (χ3v) is 8.46. The Hall–Kier alpha value is -2.34. The highest BCUT2D eigenvalue weighted by Crippen LogP contribution is 2.34. The van der Waals surface area contributed by atoms with Crippen LogP contribution in [0.15, 0.2) is 24.3 Å². The lowest BCUT2D eigenvalue weighted by molar-refractivity contribution is -0.131. The minimum absolute atomic E-state index is 0.0441. The number of benzene rings is 1. The Morgan fingerprint density at radius 1 is 1.14 bits per heavy atom. The van der Waals surface area contributed by atoms with Crippen molar-refractivity contribution >= 4 is 24.1 Å². The highest BCUT2D eigenvalue weighted by atomic mass is 16.2. The summed E-state index contributed by atoms with van der Waals surface area (Å²) >= 11 is 0. The van der Waals surface area contributed by atoms with Gasteiger partial charge in [-0.3, -0.25) is 9.59 Å². The number of rotatable bonds is 9. The molecule has 0 radical (unpaired) electrons. The van der Waals surface area contributed by atoms with Crippen LogP contribution < -0.4 is 10.2 Å². The zero-order valence-electron chi connectivity index (χ0n) is 22.2. The maximum Gasteiger partial charge on any atom is 0.243 e. The highest BCUT2D eigenvalue weighted by Gasteiger charge is 2.37. The molecule has 3 fully saturated rings. The molecule has 0 bridgehead atoms. The van der Waals surface area contributed by atoms with E-state index >= 15 is 0 Å². The maximum absolute atomic E-state index is 13.2. The predicted octanol–water partition coefficient (Wildman–Crippen LogP) is 4.32. The zero-order chi connectivity index (χ0) is 25.1. The van der Waals surface area contributed by atoms with Crippen molar-refractivity contribution in [2.24, 2.45) is 17.8 Å². The molecule has 1 aromatic rings. The Morgan fingerprint density at radius 2 is 1.86 bits per heavy atom. The Bertz CT molecular complexity index is 917. The molecule has 6 nitrogen and oxygen atoms in total. The van der Waals surface area contributed by atoms with Crippen LogP contribution in [0.5, 0.6) is 0 Å². The average molecular weight is 481 g/mol. The van der Waals surface area contributed by atoms with Gasteiger partial charge in [-0.05, 0) is 100 Å². The van der Waals surface area contributed by atoms with Gasteiger partial charge in [0.1, 0.15) is 6.04 Å². The summed E-state index contributed by atoms with van der Waals surface area (Å²) in [5.41, 5.74) is 3.55. The molecule has 3 aliphatic rings. The van der Waals surface area contributed by atoms with Crippen LogP contribution in [-0.2, 0) is 9.59 Å². The molecular formula is C29H44N4O2. The number of likely N-dealkylation sites (tertiary alicyclic amines) is 2. The number of nitrogens with zero attached hydrogens (tertiary/aromatic N) is 3. The molecule has 1 aliphatic carbocycles. The molecule has 4 rings (SSSR count). The number of allylic oxidation sites excluding steroid dienone is 1. The van der Waals surface area contributed by atoms with E-state index in [0.717, 1.165) is 31.5 Å². The molecular weight excluding hydrogens is 436 g/mol. The second-order valence-corrected chi connectivity index (χ2v) is 11.4. The third kappa shape index (κ3) is 6.27. The van der Waals surface area contributed by atoms with Gasteiger partial charge in [-0.1, -0.05) is 32.1 Å². The van der Waals surface area contributed by atoms with Crippen LogP contribution >= 0.6 is 0 Å². The lowest BCUT2D eigenvalue weighted by atomic mass is 9.93. The molecule has 0 spiro atoms. The number of amides is 2. The molecule has 2 aliphatic heterocycles. The predicted molar refractivity (Wildman–Crippen MR) is 143 cm³/mol. The molecule has 6 heteroatoms. The van der Waals surface area contributed by atoms with Crippen LogP contribution in [-0.4, -0.2) is 67.9 Å². The molecule has 192 valence electrons. The van der Waals surface area contributed by atoms with Crippen molar-refractivity contribution in [3.05, 3.63) is 35.4 Å². The third-order valence-electron chi connectivity index (χ3n) is 8.46. The lowest BCUT2D eigenvalue weighted by Gasteiger charge is -2.36. The number of carbonyl (C=O) groups excluding carboxylic acids is 2. The Kier molecular flexibility index (Phi) is 8.20. The van der Waals surface area contributed by atoms with Crippen LogP contribution in [0.2, 0.25) is 0 Å². The van der Waals surface area contributed by atoms with Gasteiger partial charge in [0.2, 0.25) is 12.3 Å². The van der Waals surface area contributed by atoms with Gasteiger partial charge in [0, 0.05) is 25.3 Å². The van der Waals surface area contributed by atoms with Crippen LogP contribution in [0.1, 0.15) is 70.0 Å². The molecule has 35 heavy (non-hydrogen) atoms. The van der Waals surface area contributed by atoms with Gasteiger partial charge < -0.3 is 20.0 Å². The van der Waals surface area contributed by atoms with Crippen molar-refractivity contribution in [3.8, 4) is 0 Å². The van der Waals surface area contributed by atoms with E-state index in [1.54, 1.807) is 4.90 Å². The van der Waals surface area contributed by atoms with E-state index in [1.165, 1.54) is 36.9 Å². The van der Waals surface area contributed by atoms with E-state index < -0.39 is 0 Å². The standard InChI is InChI=1S/C29H44N4O2/c1-20(2)24-17-28(33(18-24)19-34)29(35)30-21(3)27-11-10-26(16-23(27)9-8-22-6-7-22)32(5)25-12-14-31(4)15-13-25/h8-11,16,19-22,24-25,28H,6-7,12-15,17-18H2,1-5H3,(H,30,35)/b9-8+/t21-,24+,28?/m0/s1. The minimum atomic E-state index is -0.373. The second-order valence-electron chi connectivity index (χ2n) is 11.4. The summed E-state index contributed by atoms with van der Waals surface area (Å²) in [6.45, 7) is 9.34. The Morgan fingerprint density at radius 3 is 2.49 bits per heavy atom. The van der Waals surface area contributed by atoms with Crippen LogP contribution in [0.3, 0.4) is 0 Å². The average Bonchev–Trinajstić information content (AvgIpc) is 3.57. The first-order valence-electron chi connectivity index (χ1n) is 13.5. The Labute approximate surface area is 211 Å². The fourth-order valence-electron chi connectivity index (χ4n) is 5.58. The number of hydrogen-bond donors (Lipinski definition) is 1. The van der Waals surface area contributed by atoms with E-state index in [-0.39, 0.29) is 18.0 Å². The van der Waals surface area contributed by atoms with Crippen molar-refractivity contribution in [2.45, 2.75) is 71.0 Å². The van der Waals surface area contributed by atoms with E-state index in [1.807, 2.05) is 0 Å². The minimum Gasteiger partial charge on any atom is -0.371 e. The van der Waals surface area contributed by atoms with E-state index in [9.17, 15) is 9.59 Å². The second kappa shape index (κ2) is 11.2. The summed E-state index contributed by atoms with van der Waals surface area (Å²) < 4.78 is 0. The summed E-state index contributed by atoms with van der Waals surface area (Å²) in [7, 11) is 4.41.